The van der Waals surface area contributed by atoms with Gasteiger partial charge in [0.15, 0.2) is 0 Å². The highest BCUT2D eigenvalue weighted by molar-refractivity contribution is 5.86. The number of nitrogens with two attached hydrogens (primary N) is 1. The van der Waals surface area contributed by atoms with Gasteiger partial charge in [-0.15, -0.1) is 0 Å². The molecule has 3 heterocycles. The molecule has 0 bridgehead atoms. The third-order valence-electron chi connectivity index (χ3n) is 5.30. The summed E-state index contributed by atoms with van der Waals surface area (Å²) in [6, 6.07) is 3.34. The number of rotatable bonds is 2. The number of hydrogen-bond donors (Lipinski definition) is 2. The fraction of sp³-hybridized carbons (Fsp3) is 0.625. The van der Waals surface area contributed by atoms with Crippen LogP contribution in [-0.4, -0.2) is 27.1 Å². The van der Waals surface area contributed by atoms with Crippen molar-refractivity contribution >= 4 is 16.9 Å². The summed E-state index contributed by atoms with van der Waals surface area (Å²) in [6.07, 6.45) is 11.6. The minimum absolute atomic E-state index is 0.561. The molecule has 0 radical (unpaired) electrons. The van der Waals surface area contributed by atoms with E-state index in [0.717, 1.165) is 23.0 Å². The molecular weight excluding hydrogens is 262 g/mol. The Kier molecular flexibility index (Phi) is 3.30. The Labute approximate surface area is 124 Å². The SMILES string of the molecule is Nc1ncnc2c1ccn2C1CCC(C2CCCCN2)C1. The summed E-state index contributed by atoms with van der Waals surface area (Å²) in [6.45, 7) is 1.20. The summed E-state index contributed by atoms with van der Waals surface area (Å²) in [7, 11) is 0. The van der Waals surface area contributed by atoms with E-state index in [2.05, 4.69) is 32.1 Å². The second-order valence-electron chi connectivity index (χ2n) is 6.50. The Morgan fingerprint density at radius 2 is 2.14 bits per heavy atom. The average molecular weight is 285 g/mol. The van der Waals surface area contributed by atoms with Crippen molar-refractivity contribution in [2.75, 3.05) is 12.3 Å². The molecule has 112 valence electrons. The van der Waals surface area contributed by atoms with Gasteiger partial charge in [-0.05, 0) is 50.6 Å². The molecule has 2 fully saturated rings. The zero-order chi connectivity index (χ0) is 14.2. The Morgan fingerprint density at radius 1 is 1.19 bits per heavy atom. The van der Waals surface area contributed by atoms with Crippen molar-refractivity contribution in [3.05, 3.63) is 18.6 Å². The van der Waals surface area contributed by atoms with E-state index in [0.29, 0.717) is 11.9 Å². The Morgan fingerprint density at radius 3 is 3.00 bits per heavy atom. The highest BCUT2D eigenvalue weighted by Crippen LogP contribution is 2.39. The molecule has 5 nitrogen and oxygen atoms in total. The molecule has 0 aromatic carbocycles. The molecule has 1 saturated heterocycles. The quantitative estimate of drug-likeness (QED) is 0.889. The lowest BCUT2D eigenvalue weighted by molar-refractivity contribution is 0.292. The van der Waals surface area contributed by atoms with Crippen LogP contribution in [0.2, 0.25) is 0 Å². The first-order valence-electron chi connectivity index (χ1n) is 8.13. The summed E-state index contributed by atoms with van der Waals surface area (Å²) in [5.41, 5.74) is 6.93. The van der Waals surface area contributed by atoms with Crippen LogP contribution in [0.4, 0.5) is 5.82 Å². The molecule has 3 unspecified atom stereocenters. The van der Waals surface area contributed by atoms with Crippen molar-refractivity contribution in [2.24, 2.45) is 5.92 Å². The van der Waals surface area contributed by atoms with Gasteiger partial charge in [0.1, 0.15) is 17.8 Å². The second kappa shape index (κ2) is 5.30. The average Bonchev–Trinajstić information content (AvgIpc) is 3.15. The van der Waals surface area contributed by atoms with E-state index in [-0.39, 0.29) is 0 Å². The monoisotopic (exact) mass is 285 g/mol. The topological polar surface area (TPSA) is 68.8 Å². The van der Waals surface area contributed by atoms with E-state index in [4.69, 9.17) is 5.73 Å². The summed E-state index contributed by atoms with van der Waals surface area (Å²) in [5, 5.41) is 4.70. The lowest BCUT2D eigenvalue weighted by Crippen LogP contribution is -2.39. The second-order valence-corrected chi connectivity index (χ2v) is 6.50. The molecule has 1 aliphatic heterocycles. The van der Waals surface area contributed by atoms with E-state index >= 15 is 0 Å². The van der Waals surface area contributed by atoms with Crippen LogP contribution in [0.15, 0.2) is 18.6 Å². The summed E-state index contributed by atoms with van der Waals surface area (Å²) < 4.78 is 2.32. The van der Waals surface area contributed by atoms with E-state index in [1.54, 1.807) is 6.33 Å². The number of anilines is 1. The van der Waals surface area contributed by atoms with Crippen molar-refractivity contribution < 1.29 is 0 Å². The van der Waals surface area contributed by atoms with Crippen LogP contribution in [-0.2, 0) is 0 Å². The third kappa shape index (κ3) is 2.29. The van der Waals surface area contributed by atoms with Crippen LogP contribution >= 0.6 is 0 Å². The fourth-order valence-corrected chi connectivity index (χ4v) is 4.18. The first-order valence-corrected chi connectivity index (χ1v) is 8.13. The van der Waals surface area contributed by atoms with E-state index < -0.39 is 0 Å². The van der Waals surface area contributed by atoms with Crippen LogP contribution in [0.3, 0.4) is 0 Å². The predicted molar refractivity (Wildman–Crippen MR) is 84.0 cm³/mol. The van der Waals surface area contributed by atoms with Crippen LogP contribution in [0, 0.1) is 5.92 Å². The molecule has 2 aliphatic rings. The van der Waals surface area contributed by atoms with E-state index in [9.17, 15) is 0 Å². The van der Waals surface area contributed by atoms with E-state index in [1.165, 1.54) is 45.1 Å². The number of hydrogen-bond acceptors (Lipinski definition) is 4. The summed E-state index contributed by atoms with van der Waals surface area (Å²) in [5.74, 6) is 1.40. The van der Waals surface area contributed by atoms with Crippen LogP contribution in [0.1, 0.15) is 44.6 Å². The Bertz CT molecular complexity index is 629. The molecule has 2 aromatic rings. The van der Waals surface area contributed by atoms with Gasteiger partial charge in [-0.2, -0.15) is 0 Å². The smallest absolute Gasteiger partial charge is 0.145 e. The maximum Gasteiger partial charge on any atom is 0.145 e. The maximum atomic E-state index is 5.94. The van der Waals surface area contributed by atoms with Gasteiger partial charge in [0, 0.05) is 18.3 Å². The maximum absolute atomic E-state index is 5.94. The molecule has 1 aliphatic carbocycles. The molecule has 21 heavy (non-hydrogen) atoms. The van der Waals surface area contributed by atoms with E-state index in [1.807, 2.05) is 0 Å². The zero-order valence-electron chi connectivity index (χ0n) is 12.3. The van der Waals surface area contributed by atoms with Gasteiger partial charge in [-0.25, -0.2) is 9.97 Å². The van der Waals surface area contributed by atoms with Crippen molar-refractivity contribution in [2.45, 2.75) is 50.6 Å². The number of piperidine rings is 1. The van der Waals surface area contributed by atoms with Gasteiger partial charge in [0.05, 0.1) is 5.39 Å². The minimum atomic E-state index is 0.561. The molecule has 4 rings (SSSR count). The number of nitrogen functional groups attached to an aromatic ring is 1. The van der Waals surface area contributed by atoms with Gasteiger partial charge in [-0.3, -0.25) is 0 Å². The van der Waals surface area contributed by atoms with Gasteiger partial charge >= 0.3 is 0 Å². The highest BCUT2D eigenvalue weighted by atomic mass is 15.1. The fourth-order valence-electron chi connectivity index (χ4n) is 4.18. The molecule has 5 heteroatoms. The zero-order valence-corrected chi connectivity index (χ0v) is 12.3. The number of aromatic nitrogens is 3. The summed E-state index contributed by atoms with van der Waals surface area (Å²) in [4.78, 5) is 8.52. The molecule has 1 saturated carbocycles. The number of fused-ring (bicyclic) bond motifs is 1. The standard InChI is InChI=1S/C16H23N5/c17-15-13-6-8-21(16(13)20-10-19-15)12-5-4-11(9-12)14-3-1-2-7-18-14/h6,8,10-12,14,18H,1-5,7,9H2,(H2,17,19,20). The number of nitrogens with zero attached hydrogens (tertiary/aromatic N) is 3. The third-order valence-corrected chi connectivity index (χ3v) is 5.30. The first kappa shape index (κ1) is 13.1. The van der Waals surface area contributed by atoms with Gasteiger partial charge in [0.25, 0.3) is 0 Å². The normalized spacial score (nSPS) is 30.0. The Hall–Kier alpha value is -1.62. The predicted octanol–water partition coefficient (Wildman–Crippen LogP) is 2.50. The molecule has 3 atom stereocenters. The molecule has 0 amide bonds. The lowest BCUT2D eigenvalue weighted by Gasteiger charge is -2.29. The van der Waals surface area contributed by atoms with Crippen molar-refractivity contribution in [1.82, 2.24) is 19.9 Å². The number of nitrogens with one attached hydrogen (secondary N) is 1. The molecule has 3 N–H and O–H groups in total. The van der Waals surface area contributed by atoms with Crippen LogP contribution in [0.25, 0.3) is 11.0 Å². The molecular formula is C16H23N5. The van der Waals surface area contributed by atoms with Crippen LogP contribution < -0.4 is 11.1 Å². The molecule has 2 aromatic heterocycles. The van der Waals surface area contributed by atoms with Crippen molar-refractivity contribution in [1.29, 1.82) is 0 Å². The highest BCUT2D eigenvalue weighted by Gasteiger charge is 2.32. The Balaban J connectivity index is 1.55. The lowest BCUT2D eigenvalue weighted by atomic mass is 9.91. The van der Waals surface area contributed by atoms with Gasteiger partial charge in [-0.1, -0.05) is 6.42 Å². The van der Waals surface area contributed by atoms with Gasteiger partial charge < -0.3 is 15.6 Å². The van der Waals surface area contributed by atoms with Gasteiger partial charge in [0.2, 0.25) is 0 Å². The summed E-state index contributed by atoms with van der Waals surface area (Å²) >= 11 is 0. The first-order chi connectivity index (χ1) is 10.3. The van der Waals surface area contributed by atoms with Crippen LogP contribution in [0.5, 0.6) is 0 Å². The molecule has 0 spiro atoms. The van der Waals surface area contributed by atoms with Crippen molar-refractivity contribution in [3.63, 3.8) is 0 Å². The minimum Gasteiger partial charge on any atom is -0.383 e. The largest absolute Gasteiger partial charge is 0.383 e. The van der Waals surface area contributed by atoms with Crippen molar-refractivity contribution in [3.8, 4) is 0 Å².